The zero-order valence-electron chi connectivity index (χ0n) is 14.9. The van der Waals surface area contributed by atoms with Gasteiger partial charge in [-0.1, -0.05) is 6.07 Å². The number of aryl methyl sites for hydroxylation is 2. The van der Waals surface area contributed by atoms with E-state index in [0.717, 1.165) is 16.9 Å². The summed E-state index contributed by atoms with van der Waals surface area (Å²) in [7, 11) is 1.58. The predicted molar refractivity (Wildman–Crippen MR) is 104 cm³/mol. The summed E-state index contributed by atoms with van der Waals surface area (Å²) in [5.74, 6) is 1.23. The summed E-state index contributed by atoms with van der Waals surface area (Å²) in [5.41, 5.74) is 3.53. The topological polar surface area (TPSA) is 76.1 Å². The molecule has 0 aliphatic heterocycles. The van der Waals surface area contributed by atoms with Gasteiger partial charge in [-0.05, 0) is 49.2 Å². The van der Waals surface area contributed by atoms with Crippen LogP contribution >= 0.6 is 11.3 Å². The van der Waals surface area contributed by atoms with Gasteiger partial charge in [0.15, 0.2) is 5.13 Å². The van der Waals surface area contributed by atoms with Crippen molar-refractivity contribution in [3.8, 4) is 5.75 Å². The second kappa shape index (κ2) is 7.97. The highest BCUT2D eigenvalue weighted by atomic mass is 32.1. The van der Waals surface area contributed by atoms with E-state index in [1.165, 1.54) is 11.3 Å². The standard InChI is InChI=1S/C19H20N4O2S/c1-12-4-5-16(25-3)15(8-12)22-18(24)10-14-11-26-19(21-14)23-17-9-13(2)6-7-20-17/h4-9,11H,10H2,1-3H3,(H,22,24)(H,20,21,23). The number of hydrogen-bond donors (Lipinski definition) is 2. The number of carbonyl (C=O) groups excluding carboxylic acids is 1. The molecule has 1 aromatic carbocycles. The molecule has 2 heterocycles. The van der Waals surface area contributed by atoms with Crippen LogP contribution in [0.3, 0.4) is 0 Å². The molecule has 0 aliphatic rings. The Bertz CT molecular complexity index is 923. The van der Waals surface area contributed by atoms with Crippen LogP contribution in [0.15, 0.2) is 41.9 Å². The van der Waals surface area contributed by atoms with Crippen LogP contribution < -0.4 is 15.4 Å². The fraction of sp³-hybridized carbons (Fsp3) is 0.211. The summed E-state index contributed by atoms with van der Waals surface area (Å²) in [6.07, 6.45) is 1.94. The van der Waals surface area contributed by atoms with E-state index in [1.807, 2.05) is 49.6 Å². The second-order valence-electron chi connectivity index (χ2n) is 5.92. The number of carbonyl (C=O) groups is 1. The van der Waals surface area contributed by atoms with Crippen molar-refractivity contribution >= 4 is 33.9 Å². The lowest BCUT2D eigenvalue weighted by Crippen LogP contribution is -2.15. The van der Waals surface area contributed by atoms with Gasteiger partial charge in [0.05, 0.1) is 24.9 Å². The van der Waals surface area contributed by atoms with Crippen molar-refractivity contribution in [2.45, 2.75) is 20.3 Å². The summed E-state index contributed by atoms with van der Waals surface area (Å²) in [5, 5.41) is 8.62. The quantitative estimate of drug-likeness (QED) is 0.685. The average molecular weight is 368 g/mol. The lowest BCUT2D eigenvalue weighted by molar-refractivity contribution is -0.115. The third-order valence-electron chi connectivity index (χ3n) is 3.67. The van der Waals surface area contributed by atoms with E-state index in [0.29, 0.717) is 22.3 Å². The molecule has 3 aromatic rings. The Morgan fingerprint density at radius 2 is 2.00 bits per heavy atom. The van der Waals surface area contributed by atoms with Crippen LogP contribution in [0.2, 0.25) is 0 Å². The molecular formula is C19H20N4O2S. The lowest BCUT2D eigenvalue weighted by Gasteiger charge is -2.10. The molecule has 2 N–H and O–H groups in total. The zero-order valence-corrected chi connectivity index (χ0v) is 15.7. The van der Waals surface area contributed by atoms with E-state index in [1.54, 1.807) is 13.3 Å². The minimum Gasteiger partial charge on any atom is -0.495 e. The van der Waals surface area contributed by atoms with E-state index < -0.39 is 0 Å². The van der Waals surface area contributed by atoms with Crippen LogP contribution in [0.4, 0.5) is 16.6 Å². The number of thiazole rings is 1. The van der Waals surface area contributed by atoms with Crippen LogP contribution in [0.5, 0.6) is 5.75 Å². The van der Waals surface area contributed by atoms with Crippen molar-refractivity contribution in [1.29, 1.82) is 0 Å². The maximum Gasteiger partial charge on any atom is 0.230 e. The van der Waals surface area contributed by atoms with Gasteiger partial charge in [-0.3, -0.25) is 4.79 Å². The van der Waals surface area contributed by atoms with Gasteiger partial charge >= 0.3 is 0 Å². The number of rotatable bonds is 6. The number of anilines is 3. The summed E-state index contributed by atoms with van der Waals surface area (Å²) >= 11 is 1.44. The third kappa shape index (κ3) is 4.58. The summed E-state index contributed by atoms with van der Waals surface area (Å²) < 4.78 is 5.29. The first kappa shape index (κ1) is 17.9. The lowest BCUT2D eigenvalue weighted by atomic mass is 10.2. The Labute approximate surface area is 156 Å². The molecule has 26 heavy (non-hydrogen) atoms. The van der Waals surface area contributed by atoms with Gasteiger partial charge in [-0.15, -0.1) is 11.3 Å². The molecule has 0 fully saturated rings. The van der Waals surface area contributed by atoms with Gasteiger partial charge in [-0.25, -0.2) is 9.97 Å². The molecule has 0 saturated carbocycles. The first-order chi connectivity index (χ1) is 12.5. The predicted octanol–water partition coefficient (Wildman–Crippen LogP) is 4.09. The number of amides is 1. The van der Waals surface area contributed by atoms with Gasteiger partial charge in [0.1, 0.15) is 11.6 Å². The van der Waals surface area contributed by atoms with E-state index in [-0.39, 0.29) is 12.3 Å². The normalized spacial score (nSPS) is 10.4. The first-order valence-electron chi connectivity index (χ1n) is 8.12. The average Bonchev–Trinajstić information content (AvgIpc) is 3.01. The van der Waals surface area contributed by atoms with Crippen molar-refractivity contribution in [2.24, 2.45) is 0 Å². The molecular weight excluding hydrogens is 348 g/mol. The Kier molecular flexibility index (Phi) is 5.48. The molecule has 1 amide bonds. The number of methoxy groups -OCH3 is 1. The van der Waals surface area contributed by atoms with Crippen molar-refractivity contribution in [3.63, 3.8) is 0 Å². The van der Waals surface area contributed by atoms with Crippen LogP contribution in [-0.4, -0.2) is 23.0 Å². The van der Waals surface area contributed by atoms with Crippen LogP contribution in [0, 0.1) is 13.8 Å². The number of ether oxygens (including phenoxy) is 1. The maximum absolute atomic E-state index is 12.3. The highest BCUT2D eigenvalue weighted by molar-refractivity contribution is 7.13. The van der Waals surface area contributed by atoms with Crippen molar-refractivity contribution < 1.29 is 9.53 Å². The Morgan fingerprint density at radius 3 is 2.77 bits per heavy atom. The van der Waals surface area contributed by atoms with Gasteiger partial charge in [0, 0.05) is 11.6 Å². The molecule has 0 saturated heterocycles. The van der Waals surface area contributed by atoms with Crippen molar-refractivity contribution in [1.82, 2.24) is 9.97 Å². The molecule has 0 atom stereocenters. The van der Waals surface area contributed by atoms with E-state index >= 15 is 0 Å². The van der Waals surface area contributed by atoms with Crippen LogP contribution in [-0.2, 0) is 11.2 Å². The SMILES string of the molecule is COc1ccc(C)cc1NC(=O)Cc1csc(Nc2cc(C)ccn2)n1. The number of aromatic nitrogens is 2. The molecule has 7 heteroatoms. The first-order valence-corrected chi connectivity index (χ1v) is 9.00. The Balaban J connectivity index is 1.64. The largest absolute Gasteiger partial charge is 0.495 e. The summed E-state index contributed by atoms with van der Waals surface area (Å²) in [6, 6.07) is 9.53. The highest BCUT2D eigenvalue weighted by Gasteiger charge is 2.11. The molecule has 0 unspecified atom stereocenters. The molecule has 3 rings (SSSR count). The summed E-state index contributed by atoms with van der Waals surface area (Å²) in [4.78, 5) is 21.0. The minimum atomic E-state index is -0.139. The van der Waals surface area contributed by atoms with Gasteiger partial charge in [0.25, 0.3) is 0 Å². The Morgan fingerprint density at radius 1 is 1.19 bits per heavy atom. The van der Waals surface area contributed by atoms with Gasteiger partial charge in [-0.2, -0.15) is 0 Å². The van der Waals surface area contributed by atoms with Crippen LogP contribution in [0.25, 0.3) is 0 Å². The van der Waals surface area contributed by atoms with Gasteiger partial charge < -0.3 is 15.4 Å². The van der Waals surface area contributed by atoms with Crippen molar-refractivity contribution in [3.05, 3.63) is 58.7 Å². The number of pyridine rings is 1. The minimum absolute atomic E-state index is 0.139. The number of nitrogens with zero attached hydrogens (tertiary/aromatic N) is 2. The van der Waals surface area contributed by atoms with Gasteiger partial charge in [0.2, 0.25) is 5.91 Å². The zero-order chi connectivity index (χ0) is 18.5. The maximum atomic E-state index is 12.3. The third-order valence-corrected chi connectivity index (χ3v) is 4.48. The number of benzene rings is 1. The number of hydrogen-bond acceptors (Lipinski definition) is 6. The van der Waals surface area contributed by atoms with Crippen molar-refractivity contribution in [2.75, 3.05) is 17.7 Å². The highest BCUT2D eigenvalue weighted by Crippen LogP contribution is 2.26. The molecule has 0 bridgehead atoms. The Hall–Kier alpha value is -2.93. The monoisotopic (exact) mass is 368 g/mol. The van der Waals surface area contributed by atoms with E-state index in [9.17, 15) is 4.79 Å². The molecule has 0 radical (unpaired) electrons. The molecule has 0 aliphatic carbocycles. The fourth-order valence-corrected chi connectivity index (χ4v) is 3.16. The molecule has 2 aromatic heterocycles. The van der Waals surface area contributed by atoms with E-state index in [4.69, 9.17) is 4.74 Å². The molecule has 134 valence electrons. The van der Waals surface area contributed by atoms with E-state index in [2.05, 4.69) is 20.6 Å². The molecule has 0 spiro atoms. The van der Waals surface area contributed by atoms with Crippen LogP contribution in [0.1, 0.15) is 16.8 Å². The smallest absolute Gasteiger partial charge is 0.230 e. The molecule has 6 nitrogen and oxygen atoms in total. The second-order valence-corrected chi connectivity index (χ2v) is 6.77. The summed E-state index contributed by atoms with van der Waals surface area (Å²) in [6.45, 7) is 3.97. The fourth-order valence-electron chi connectivity index (χ4n) is 2.44. The number of nitrogens with one attached hydrogen (secondary N) is 2.